The standard InChI is InChI=1S/C30H44ClN3O2/c1-7-10-22(6)30(12-14-32-15-13-30)27-23(9-3)18-24(19-25(27)31)28-33-26(20-36-28)29(35)34(16-8-2)17-11-21(4)5/h10,18-21,32H,7-9,11-17H2,1-6H3/b22-10-. The van der Waals surface area contributed by atoms with Gasteiger partial charge in [0.2, 0.25) is 5.89 Å². The molecule has 36 heavy (non-hydrogen) atoms. The number of aryl methyl sites for hydroxylation is 1. The second-order valence-electron chi connectivity index (χ2n) is 10.5. The zero-order valence-electron chi connectivity index (χ0n) is 23.0. The molecule has 1 aliphatic rings. The zero-order valence-corrected chi connectivity index (χ0v) is 23.8. The first-order valence-corrected chi connectivity index (χ1v) is 14.1. The first kappa shape index (κ1) is 28.5. The number of amides is 1. The van der Waals surface area contributed by atoms with Gasteiger partial charge in [-0.2, -0.15) is 0 Å². The fourth-order valence-corrected chi connectivity index (χ4v) is 5.88. The highest BCUT2D eigenvalue weighted by Crippen LogP contribution is 2.46. The van der Waals surface area contributed by atoms with E-state index in [1.165, 1.54) is 23.0 Å². The lowest BCUT2D eigenvalue weighted by molar-refractivity contribution is 0.0742. The number of rotatable bonds is 11. The van der Waals surface area contributed by atoms with Crippen molar-refractivity contribution in [3.05, 3.63) is 51.9 Å². The normalized spacial score (nSPS) is 15.9. The molecule has 1 aromatic heterocycles. The molecule has 0 radical (unpaired) electrons. The van der Waals surface area contributed by atoms with Gasteiger partial charge in [-0.1, -0.05) is 57.9 Å². The number of hydrogen-bond donors (Lipinski definition) is 1. The second kappa shape index (κ2) is 12.9. The number of halogens is 1. The van der Waals surface area contributed by atoms with Gasteiger partial charge in [-0.15, -0.1) is 0 Å². The van der Waals surface area contributed by atoms with Crippen LogP contribution in [-0.2, 0) is 11.8 Å². The smallest absolute Gasteiger partial charge is 0.275 e. The Morgan fingerprint density at radius 1 is 1.22 bits per heavy atom. The first-order valence-electron chi connectivity index (χ1n) is 13.7. The van der Waals surface area contributed by atoms with Crippen LogP contribution in [0.3, 0.4) is 0 Å². The Morgan fingerprint density at radius 2 is 1.94 bits per heavy atom. The number of carbonyl (C=O) groups excluding carboxylic acids is 1. The number of benzene rings is 1. The molecule has 1 saturated heterocycles. The van der Waals surface area contributed by atoms with Crippen LogP contribution in [0.4, 0.5) is 0 Å². The molecule has 1 amide bonds. The number of nitrogens with zero attached hydrogens (tertiary/aromatic N) is 2. The number of oxazole rings is 1. The minimum Gasteiger partial charge on any atom is -0.444 e. The number of piperidine rings is 1. The quantitative estimate of drug-likeness (QED) is 0.317. The van der Waals surface area contributed by atoms with Crippen molar-refractivity contribution in [2.45, 2.75) is 85.5 Å². The molecule has 0 atom stereocenters. The summed E-state index contributed by atoms with van der Waals surface area (Å²) < 4.78 is 5.84. The van der Waals surface area contributed by atoms with Crippen LogP contribution in [0.2, 0.25) is 5.02 Å². The van der Waals surface area contributed by atoms with Crippen LogP contribution >= 0.6 is 11.6 Å². The van der Waals surface area contributed by atoms with Gasteiger partial charge in [0.05, 0.1) is 0 Å². The Hall–Kier alpha value is -2.11. The van der Waals surface area contributed by atoms with Crippen LogP contribution in [0, 0.1) is 5.92 Å². The summed E-state index contributed by atoms with van der Waals surface area (Å²) in [4.78, 5) is 19.7. The number of hydrogen-bond acceptors (Lipinski definition) is 4. The molecule has 3 rings (SSSR count). The summed E-state index contributed by atoms with van der Waals surface area (Å²) in [5.74, 6) is 0.916. The number of allylic oxidation sites excluding steroid dienone is 2. The van der Waals surface area contributed by atoms with Gasteiger partial charge in [0.25, 0.3) is 5.91 Å². The maximum Gasteiger partial charge on any atom is 0.275 e. The SMILES string of the molecule is CC/C=C(/C)C1(c2c(Cl)cc(-c3nc(C(=O)N(CCC)CCC(C)C)co3)cc2CC)CCNCC1. The highest BCUT2D eigenvalue weighted by Gasteiger charge is 2.38. The Kier molecular flexibility index (Phi) is 10.2. The maximum absolute atomic E-state index is 13.2. The van der Waals surface area contributed by atoms with Crippen LogP contribution < -0.4 is 5.32 Å². The third kappa shape index (κ3) is 6.23. The van der Waals surface area contributed by atoms with E-state index in [-0.39, 0.29) is 11.3 Å². The molecule has 0 unspecified atom stereocenters. The predicted octanol–water partition coefficient (Wildman–Crippen LogP) is 7.43. The molecule has 5 nitrogen and oxygen atoms in total. The van der Waals surface area contributed by atoms with E-state index in [1.54, 1.807) is 0 Å². The maximum atomic E-state index is 13.2. The van der Waals surface area contributed by atoms with E-state index < -0.39 is 0 Å². The zero-order chi connectivity index (χ0) is 26.3. The van der Waals surface area contributed by atoms with E-state index >= 15 is 0 Å². The Bertz CT molecular complexity index is 1050. The van der Waals surface area contributed by atoms with Crippen molar-refractivity contribution in [2.24, 2.45) is 5.92 Å². The number of nitrogens with one attached hydrogen (secondary N) is 1. The van der Waals surface area contributed by atoms with Gasteiger partial charge in [-0.25, -0.2) is 4.98 Å². The van der Waals surface area contributed by atoms with Gasteiger partial charge in [0.1, 0.15) is 6.26 Å². The summed E-state index contributed by atoms with van der Waals surface area (Å²) in [6, 6.07) is 4.13. The summed E-state index contributed by atoms with van der Waals surface area (Å²) in [7, 11) is 0. The number of carbonyl (C=O) groups is 1. The summed E-state index contributed by atoms with van der Waals surface area (Å²) in [5, 5.41) is 4.27. The summed E-state index contributed by atoms with van der Waals surface area (Å²) in [6.07, 6.45) is 9.66. The summed E-state index contributed by atoms with van der Waals surface area (Å²) in [5.41, 5.74) is 4.99. The van der Waals surface area contributed by atoms with Crippen LogP contribution in [0.5, 0.6) is 0 Å². The highest BCUT2D eigenvalue weighted by molar-refractivity contribution is 6.32. The van der Waals surface area contributed by atoms with Gasteiger partial charge in [-0.05, 0) is 87.7 Å². The Morgan fingerprint density at radius 3 is 2.56 bits per heavy atom. The fourth-order valence-electron chi connectivity index (χ4n) is 5.46. The summed E-state index contributed by atoms with van der Waals surface area (Å²) >= 11 is 7.07. The molecular formula is C30H44ClN3O2. The van der Waals surface area contributed by atoms with E-state index in [2.05, 4.69) is 64.0 Å². The van der Waals surface area contributed by atoms with Crippen molar-refractivity contribution in [3.8, 4) is 11.5 Å². The van der Waals surface area contributed by atoms with E-state index in [4.69, 9.17) is 16.0 Å². The van der Waals surface area contributed by atoms with E-state index in [0.717, 1.165) is 75.3 Å². The average Bonchev–Trinajstić information content (AvgIpc) is 3.36. The monoisotopic (exact) mass is 513 g/mol. The van der Waals surface area contributed by atoms with E-state index in [9.17, 15) is 4.79 Å². The van der Waals surface area contributed by atoms with Gasteiger partial charge in [0, 0.05) is 29.1 Å². The molecule has 0 bridgehead atoms. The van der Waals surface area contributed by atoms with Crippen molar-refractivity contribution < 1.29 is 9.21 Å². The van der Waals surface area contributed by atoms with Crippen molar-refractivity contribution in [1.29, 1.82) is 0 Å². The Balaban J connectivity index is 1.97. The van der Waals surface area contributed by atoms with Crippen molar-refractivity contribution >= 4 is 17.5 Å². The molecule has 1 aromatic carbocycles. The lowest BCUT2D eigenvalue weighted by Gasteiger charge is -2.41. The van der Waals surface area contributed by atoms with E-state index in [1.807, 2.05) is 11.0 Å². The molecule has 6 heteroatoms. The largest absolute Gasteiger partial charge is 0.444 e. The van der Waals surface area contributed by atoms with Gasteiger partial charge >= 0.3 is 0 Å². The minimum atomic E-state index is -0.0695. The molecule has 198 valence electrons. The molecular weight excluding hydrogens is 470 g/mol. The van der Waals surface area contributed by atoms with Crippen molar-refractivity contribution in [3.63, 3.8) is 0 Å². The third-order valence-corrected chi connectivity index (χ3v) is 7.78. The average molecular weight is 514 g/mol. The topological polar surface area (TPSA) is 58.4 Å². The summed E-state index contributed by atoms with van der Waals surface area (Å²) in [6.45, 7) is 16.5. The minimum absolute atomic E-state index is 0.0585. The lowest BCUT2D eigenvalue weighted by Crippen LogP contribution is -2.41. The van der Waals surface area contributed by atoms with Crippen LogP contribution in [-0.4, -0.2) is 42.0 Å². The molecule has 0 saturated carbocycles. The fraction of sp³-hybridized carbons (Fsp3) is 0.600. The number of aromatic nitrogens is 1. The molecule has 1 aliphatic heterocycles. The Labute approximate surface area is 222 Å². The van der Waals surface area contributed by atoms with E-state index in [0.29, 0.717) is 17.5 Å². The molecule has 1 N–H and O–H groups in total. The third-order valence-electron chi connectivity index (χ3n) is 7.48. The second-order valence-corrected chi connectivity index (χ2v) is 10.9. The van der Waals surface area contributed by atoms with Crippen molar-refractivity contribution in [2.75, 3.05) is 26.2 Å². The molecule has 2 aromatic rings. The predicted molar refractivity (Wildman–Crippen MR) is 150 cm³/mol. The molecule has 0 aliphatic carbocycles. The first-order chi connectivity index (χ1) is 17.3. The van der Waals surface area contributed by atoms with Crippen LogP contribution in [0.15, 0.2) is 34.5 Å². The highest BCUT2D eigenvalue weighted by atomic mass is 35.5. The molecule has 0 spiro atoms. The molecule has 2 heterocycles. The van der Waals surface area contributed by atoms with Gasteiger partial charge < -0.3 is 14.6 Å². The van der Waals surface area contributed by atoms with Crippen molar-refractivity contribution in [1.82, 2.24) is 15.2 Å². The van der Waals surface area contributed by atoms with Gasteiger partial charge in [-0.3, -0.25) is 4.79 Å². The van der Waals surface area contributed by atoms with Crippen LogP contribution in [0.1, 0.15) is 95.3 Å². The lowest BCUT2D eigenvalue weighted by atomic mass is 9.66. The molecule has 1 fully saturated rings. The van der Waals surface area contributed by atoms with Crippen LogP contribution in [0.25, 0.3) is 11.5 Å². The van der Waals surface area contributed by atoms with Gasteiger partial charge in [0.15, 0.2) is 5.69 Å².